The van der Waals surface area contributed by atoms with Gasteiger partial charge in [0.1, 0.15) is 10.8 Å². The van der Waals surface area contributed by atoms with E-state index < -0.39 is 29.4 Å². The van der Waals surface area contributed by atoms with Gasteiger partial charge in [0.25, 0.3) is 11.8 Å². The monoisotopic (exact) mass is 569 g/mol. The number of ether oxygens (including phenoxy) is 1. The van der Waals surface area contributed by atoms with Crippen LogP contribution >= 0.6 is 11.6 Å². The minimum Gasteiger partial charge on any atom is -0.497 e. The van der Waals surface area contributed by atoms with Crippen molar-refractivity contribution in [1.29, 1.82) is 0 Å². The molecule has 0 aliphatic rings. The fraction of sp³-hybridized carbons (Fsp3) is 0.115. The van der Waals surface area contributed by atoms with Crippen LogP contribution in [-0.2, 0) is 13.2 Å². The lowest BCUT2D eigenvalue weighted by Gasteiger charge is -2.11. The number of aromatic nitrogens is 5. The first-order valence-electron chi connectivity index (χ1n) is 11.6. The summed E-state index contributed by atoms with van der Waals surface area (Å²) in [5, 5.41) is 12.7. The molecule has 3 aromatic heterocycles. The van der Waals surface area contributed by atoms with Crippen LogP contribution in [0.2, 0.25) is 5.02 Å². The summed E-state index contributed by atoms with van der Waals surface area (Å²) in [7, 11) is 3.12. The third-order valence-electron chi connectivity index (χ3n) is 5.75. The number of halogens is 4. The Balaban J connectivity index is 1.42. The summed E-state index contributed by atoms with van der Waals surface area (Å²) >= 11 is 6.35. The molecule has 40 heavy (non-hydrogen) atoms. The minimum absolute atomic E-state index is 0.0316. The van der Waals surface area contributed by atoms with Crippen LogP contribution in [0, 0.1) is 0 Å². The number of rotatable bonds is 6. The number of amides is 2. The van der Waals surface area contributed by atoms with Gasteiger partial charge in [0.05, 0.1) is 12.8 Å². The Hall–Kier alpha value is -4.91. The molecule has 14 heteroatoms. The van der Waals surface area contributed by atoms with Crippen LogP contribution in [0.1, 0.15) is 26.7 Å². The highest BCUT2D eigenvalue weighted by Crippen LogP contribution is 2.35. The van der Waals surface area contributed by atoms with E-state index in [0.29, 0.717) is 21.5 Å². The first-order valence-corrected chi connectivity index (χ1v) is 11.9. The second kappa shape index (κ2) is 10.3. The maximum atomic E-state index is 14.0. The van der Waals surface area contributed by atoms with Gasteiger partial charge in [-0.1, -0.05) is 23.7 Å². The smallest absolute Gasteiger partial charge is 0.433 e. The van der Waals surface area contributed by atoms with E-state index in [1.165, 1.54) is 42.1 Å². The van der Waals surface area contributed by atoms with Crippen molar-refractivity contribution >= 4 is 40.4 Å². The minimum atomic E-state index is -4.83. The standard InChI is InChI=1S/C26H19ClF3N7O3/c1-36-11-10-18(34-36)24(38)31-15-6-8-16(9-7-15)32-25(39)22-21(27)23-33-19(14-4-3-5-17(12-14)40-2)13-20(26(28,29)30)37(23)35-22/h3-13H,1-2H3,(H,31,38)(H,32,39). The molecule has 0 fully saturated rings. The number of benzene rings is 2. The molecule has 2 aromatic carbocycles. The van der Waals surface area contributed by atoms with Gasteiger partial charge in [0.2, 0.25) is 0 Å². The lowest BCUT2D eigenvalue weighted by molar-refractivity contribution is -0.142. The summed E-state index contributed by atoms with van der Waals surface area (Å²) < 4.78 is 49.1. The van der Waals surface area contributed by atoms with E-state index in [1.807, 2.05) is 0 Å². The summed E-state index contributed by atoms with van der Waals surface area (Å²) in [5.74, 6) is -0.846. The summed E-state index contributed by atoms with van der Waals surface area (Å²) in [6.45, 7) is 0. The highest BCUT2D eigenvalue weighted by molar-refractivity contribution is 6.37. The lowest BCUT2D eigenvalue weighted by Crippen LogP contribution is -2.16. The van der Waals surface area contributed by atoms with Gasteiger partial charge in [-0.05, 0) is 48.5 Å². The molecule has 0 saturated carbocycles. The Labute approximate surface area is 229 Å². The molecule has 10 nitrogen and oxygen atoms in total. The number of anilines is 2. The average molecular weight is 570 g/mol. The maximum absolute atomic E-state index is 14.0. The number of hydrogen-bond donors (Lipinski definition) is 2. The largest absolute Gasteiger partial charge is 0.497 e. The Kier molecular flexibility index (Phi) is 6.90. The molecule has 0 spiro atoms. The van der Waals surface area contributed by atoms with Gasteiger partial charge in [0, 0.05) is 30.2 Å². The van der Waals surface area contributed by atoms with Crippen LogP contribution in [0.25, 0.3) is 16.9 Å². The molecule has 0 aliphatic heterocycles. The fourth-order valence-electron chi connectivity index (χ4n) is 3.83. The predicted molar refractivity (Wildman–Crippen MR) is 141 cm³/mol. The van der Waals surface area contributed by atoms with Crippen LogP contribution in [0.3, 0.4) is 0 Å². The molecule has 0 bridgehead atoms. The normalized spacial score (nSPS) is 11.4. The SMILES string of the molecule is COc1cccc(-c2cc(C(F)(F)F)n3nc(C(=O)Nc4ccc(NC(=O)c5ccn(C)n5)cc4)c(Cl)c3n2)c1. The summed E-state index contributed by atoms with van der Waals surface area (Å²) in [4.78, 5) is 29.5. The molecular weight excluding hydrogens is 551 g/mol. The summed E-state index contributed by atoms with van der Waals surface area (Å²) in [5.41, 5.74) is -0.686. The zero-order chi connectivity index (χ0) is 28.6. The quantitative estimate of drug-likeness (QED) is 0.286. The van der Waals surface area contributed by atoms with Crippen molar-refractivity contribution in [3.8, 4) is 17.0 Å². The highest BCUT2D eigenvalue weighted by Gasteiger charge is 2.36. The van der Waals surface area contributed by atoms with Gasteiger partial charge in [-0.2, -0.15) is 23.4 Å². The van der Waals surface area contributed by atoms with Crippen molar-refractivity contribution in [3.63, 3.8) is 0 Å². The molecule has 3 heterocycles. The fourth-order valence-corrected chi connectivity index (χ4v) is 4.07. The third-order valence-corrected chi connectivity index (χ3v) is 6.10. The molecule has 0 saturated heterocycles. The molecule has 0 unspecified atom stereocenters. The Morgan fingerprint density at radius 3 is 2.23 bits per heavy atom. The van der Waals surface area contributed by atoms with E-state index in [1.54, 1.807) is 37.5 Å². The number of aryl methyl sites for hydroxylation is 1. The molecule has 2 N–H and O–H groups in total. The van der Waals surface area contributed by atoms with Crippen molar-refractivity contribution in [1.82, 2.24) is 24.4 Å². The zero-order valence-electron chi connectivity index (χ0n) is 20.8. The zero-order valence-corrected chi connectivity index (χ0v) is 21.6. The van der Waals surface area contributed by atoms with Gasteiger partial charge in [-0.15, -0.1) is 0 Å². The predicted octanol–water partition coefficient (Wildman–Crippen LogP) is 5.32. The van der Waals surface area contributed by atoms with Gasteiger partial charge in [-0.25, -0.2) is 9.50 Å². The molecule has 0 radical (unpaired) electrons. The molecule has 2 amide bonds. The van der Waals surface area contributed by atoms with E-state index >= 15 is 0 Å². The molecular formula is C26H19ClF3N7O3. The van der Waals surface area contributed by atoms with Gasteiger partial charge >= 0.3 is 6.18 Å². The maximum Gasteiger partial charge on any atom is 0.433 e. The number of nitrogens with one attached hydrogen (secondary N) is 2. The van der Waals surface area contributed by atoms with Crippen molar-refractivity contribution in [2.45, 2.75) is 6.18 Å². The Morgan fingerprint density at radius 1 is 0.950 bits per heavy atom. The molecule has 5 aromatic rings. The molecule has 0 aliphatic carbocycles. The molecule has 204 valence electrons. The van der Waals surface area contributed by atoms with E-state index in [-0.39, 0.29) is 27.7 Å². The number of alkyl halides is 3. The number of fused-ring (bicyclic) bond motifs is 1. The number of hydrogen-bond acceptors (Lipinski definition) is 6. The van der Waals surface area contributed by atoms with Crippen LogP contribution in [0.15, 0.2) is 66.9 Å². The van der Waals surface area contributed by atoms with Crippen LogP contribution in [-0.4, -0.2) is 43.3 Å². The van der Waals surface area contributed by atoms with Gasteiger partial charge in [0.15, 0.2) is 22.7 Å². The van der Waals surface area contributed by atoms with Crippen LogP contribution in [0.5, 0.6) is 5.75 Å². The topological polar surface area (TPSA) is 115 Å². The van der Waals surface area contributed by atoms with E-state index in [2.05, 4.69) is 25.8 Å². The second-order valence-corrected chi connectivity index (χ2v) is 8.89. The number of methoxy groups -OCH3 is 1. The average Bonchev–Trinajstić information content (AvgIpc) is 3.52. The third kappa shape index (κ3) is 5.31. The van der Waals surface area contributed by atoms with Crippen molar-refractivity contribution < 1.29 is 27.5 Å². The van der Waals surface area contributed by atoms with Crippen molar-refractivity contribution in [2.24, 2.45) is 7.05 Å². The van der Waals surface area contributed by atoms with Gasteiger partial charge in [-0.3, -0.25) is 14.3 Å². The lowest BCUT2D eigenvalue weighted by atomic mass is 10.1. The molecule has 5 rings (SSSR count). The van der Waals surface area contributed by atoms with Crippen LogP contribution < -0.4 is 15.4 Å². The number of nitrogens with zero attached hydrogens (tertiary/aromatic N) is 5. The van der Waals surface area contributed by atoms with Crippen LogP contribution in [0.4, 0.5) is 24.5 Å². The van der Waals surface area contributed by atoms with E-state index in [0.717, 1.165) is 6.07 Å². The Morgan fingerprint density at radius 2 is 1.62 bits per heavy atom. The summed E-state index contributed by atoms with van der Waals surface area (Å²) in [6, 6.07) is 14.8. The number of carbonyl (C=O) groups excluding carboxylic acids is 2. The second-order valence-electron chi connectivity index (χ2n) is 8.51. The van der Waals surface area contributed by atoms with E-state index in [4.69, 9.17) is 16.3 Å². The first kappa shape index (κ1) is 26.7. The number of carbonyl (C=O) groups is 2. The van der Waals surface area contributed by atoms with E-state index in [9.17, 15) is 22.8 Å². The Bertz CT molecular complexity index is 1750. The van der Waals surface area contributed by atoms with Crippen molar-refractivity contribution in [3.05, 3.63) is 89.0 Å². The highest BCUT2D eigenvalue weighted by atomic mass is 35.5. The summed E-state index contributed by atoms with van der Waals surface area (Å²) in [6.07, 6.45) is -3.20. The van der Waals surface area contributed by atoms with Crippen molar-refractivity contribution in [2.75, 3.05) is 17.7 Å². The molecule has 0 atom stereocenters. The first-order chi connectivity index (χ1) is 19.0. The van der Waals surface area contributed by atoms with Gasteiger partial charge < -0.3 is 15.4 Å².